The molecule has 0 radical (unpaired) electrons. The van der Waals surface area contributed by atoms with Crippen LogP contribution in [0.2, 0.25) is 0 Å². The van der Waals surface area contributed by atoms with Gasteiger partial charge in [-0.1, -0.05) is 60.2 Å². The minimum atomic E-state index is -0.348. The van der Waals surface area contributed by atoms with Crippen molar-refractivity contribution >= 4 is 40.5 Å². The Morgan fingerprint density at radius 1 is 0.860 bits per heavy atom. The highest BCUT2D eigenvalue weighted by atomic mass is 16.5. The number of amidine groups is 2. The Balaban J connectivity index is 1.41. The molecule has 7 rings (SSSR count). The van der Waals surface area contributed by atoms with Crippen molar-refractivity contribution < 1.29 is 9.53 Å². The van der Waals surface area contributed by atoms with Crippen LogP contribution in [0.1, 0.15) is 45.7 Å². The van der Waals surface area contributed by atoms with Gasteiger partial charge in [-0.15, -0.1) is 0 Å². The number of esters is 1. The van der Waals surface area contributed by atoms with Gasteiger partial charge in [0.1, 0.15) is 0 Å². The summed E-state index contributed by atoms with van der Waals surface area (Å²) in [4.78, 5) is 24.8. The first kappa shape index (κ1) is 26.4. The van der Waals surface area contributed by atoms with Gasteiger partial charge in [-0.25, -0.2) is 19.5 Å². The molecule has 2 aliphatic rings. The van der Waals surface area contributed by atoms with Crippen molar-refractivity contribution in [1.82, 2.24) is 9.78 Å². The third-order valence-corrected chi connectivity index (χ3v) is 7.69. The Labute approximate surface area is 250 Å². The van der Waals surface area contributed by atoms with Gasteiger partial charge in [0.15, 0.2) is 17.5 Å². The fourth-order valence-electron chi connectivity index (χ4n) is 5.65. The van der Waals surface area contributed by atoms with Crippen LogP contribution in [-0.2, 0) is 4.74 Å². The molecule has 0 amide bonds. The standard InChI is InChI=1S/C35H30N6O2/c1-4-43-35(42)25-18-20-26(21-19-25)36-32-34-38-33-30(23(3)39-41(33)27-10-6-5-7-11-27)31(24-16-14-22(2)15-17-24)40(34)29-13-9-8-12-28(29)37-32/h5-21,31H,4H2,1-3H3,(H,36,37). The van der Waals surface area contributed by atoms with Crippen molar-refractivity contribution in [3.63, 3.8) is 0 Å². The predicted octanol–water partition coefficient (Wildman–Crippen LogP) is 7.46. The largest absolute Gasteiger partial charge is 0.462 e. The van der Waals surface area contributed by atoms with E-state index in [1.54, 1.807) is 19.1 Å². The van der Waals surface area contributed by atoms with E-state index in [9.17, 15) is 4.79 Å². The second kappa shape index (κ2) is 10.7. The van der Waals surface area contributed by atoms with E-state index in [0.717, 1.165) is 45.4 Å². The summed E-state index contributed by atoms with van der Waals surface area (Å²) in [5, 5.41) is 8.49. The maximum absolute atomic E-state index is 12.2. The van der Waals surface area contributed by atoms with Crippen LogP contribution in [0.4, 0.5) is 22.9 Å². The van der Waals surface area contributed by atoms with Gasteiger partial charge in [0.2, 0.25) is 0 Å². The molecule has 1 N–H and O–H groups in total. The van der Waals surface area contributed by atoms with E-state index in [1.165, 1.54) is 5.56 Å². The Hall–Kier alpha value is -5.50. The monoisotopic (exact) mass is 566 g/mol. The van der Waals surface area contributed by atoms with Crippen LogP contribution >= 0.6 is 0 Å². The van der Waals surface area contributed by atoms with E-state index in [2.05, 4.69) is 47.5 Å². The molecular formula is C35H30N6O2. The molecule has 43 heavy (non-hydrogen) atoms. The van der Waals surface area contributed by atoms with Gasteiger partial charge < -0.3 is 15.0 Å². The molecular weight excluding hydrogens is 536 g/mol. The van der Waals surface area contributed by atoms with Crippen molar-refractivity contribution in [2.24, 2.45) is 9.98 Å². The number of carbonyl (C=O) groups excluding carboxylic acids is 1. The lowest BCUT2D eigenvalue weighted by molar-refractivity contribution is 0.0526. The van der Waals surface area contributed by atoms with Crippen molar-refractivity contribution in [3.05, 3.63) is 131 Å². The lowest BCUT2D eigenvalue weighted by Crippen LogP contribution is -2.46. The Kier molecular flexibility index (Phi) is 6.58. The first-order chi connectivity index (χ1) is 21.0. The number of aliphatic imine (C=N–C) groups is 2. The van der Waals surface area contributed by atoms with E-state index in [-0.39, 0.29) is 12.0 Å². The summed E-state index contributed by atoms with van der Waals surface area (Å²) in [6.07, 6.45) is 0. The molecule has 3 heterocycles. The fraction of sp³-hybridized carbons (Fsp3) is 0.143. The molecule has 0 saturated heterocycles. The maximum Gasteiger partial charge on any atom is 0.338 e. The van der Waals surface area contributed by atoms with Gasteiger partial charge in [-0.05, 0) is 74.9 Å². The average molecular weight is 567 g/mol. The number of nitrogens with zero attached hydrogens (tertiary/aromatic N) is 5. The Morgan fingerprint density at radius 2 is 1.58 bits per heavy atom. The van der Waals surface area contributed by atoms with Gasteiger partial charge >= 0.3 is 5.97 Å². The number of ether oxygens (including phenoxy) is 1. The van der Waals surface area contributed by atoms with Gasteiger partial charge in [-0.2, -0.15) is 5.10 Å². The zero-order valence-corrected chi connectivity index (χ0v) is 24.2. The number of rotatable bonds is 5. The zero-order valence-electron chi connectivity index (χ0n) is 24.2. The number of carbonyl (C=O) groups is 1. The van der Waals surface area contributed by atoms with Gasteiger partial charge in [0.25, 0.3) is 0 Å². The highest BCUT2D eigenvalue weighted by Gasteiger charge is 2.41. The molecule has 5 aromatic rings. The molecule has 4 aromatic carbocycles. The third-order valence-electron chi connectivity index (χ3n) is 7.69. The number of para-hydroxylation sites is 3. The molecule has 0 aliphatic carbocycles. The molecule has 212 valence electrons. The smallest absolute Gasteiger partial charge is 0.338 e. The second-order valence-electron chi connectivity index (χ2n) is 10.6. The summed E-state index contributed by atoms with van der Waals surface area (Å²) < 4.78 is 7.07. The van der Waals surface area contributed by atoms with Crippen molar-refractivity contribution in [2.45, 2.75) is 26.8 Å². The summed E-state index contributed by atoms with van der Waals surface area (Å²) in [6.45, 7) is 6.27. The number of hydrogen-bond donors (Lipinski definition) is 1. The minimum absolute atomic E-state index is 0.194. The summed E-state index contributed by atoms with van der Waals surface area (Å²) in [6, 6.07) is 33.9. The topological polar surface area (TPSA) is 84.1 Å². The van der Waals surface area contributed by atoms with Crippen LogP contribution in [0, 0.1) is 13.8 Å². The third kappa shape index (κ3) is 4.67. The number of aryl methyl sites for hydroxylation is 2. The average Bonchev–Trinajstić information content (AvgIpc) is 3.37. The molecule has 8 nitrogen and oxygen atoms in total. The van der Waals surface area contributed by atoms with Crippen LogP contribution < -0.4 is 10.2 Å². The number of nitrogens with one attached hydrogen (secondary N) is 1. The van der Waals surface area contributed by atoms with E-state index in [4.69, 9.17) is 19.8 Å². The number of hydrogen-bond acceptors (Lipinski definition) is 7. The van der Waals surface area contributed by atoms with E-state index in [0.29, 0.717) is 23.8 Å². The summed E-state index contributed by atoms with van der Waals surface area (Å²) in [5.41, 5.74) is 8.29. The number of fused-ring (bicyclic) bond motifs is 4. The lowest BCUT2D eigenvalue weighted by Gasteiger charge is -2.40. The predicted molar refractivity (Wildman–Crippen MR) is 170 cm³/mol. The van der Waals surface area contributed by atoms with Crippen LogP contribution in [0.5, 0.6) is 0 Å². The van der Waals surface area contributed by atoms with Crippen LogP contribution in [0.15, 0.2) is 113 Å². The van der Waals surface area contributed by atoms with Crippen molar-refractivity contribution in [2.75, 3.05) is 16.8 Å². The highest BCUT2D eigenvalue weighted by Crippen LogP contribution is 2.48. The molecule has 0 fully saturated rings. The van der Waals surface area contributed by atoms with E-state index in [1.807, 2.05) is 72.3 Å². The summed E-state index contributed by atoms with van der Waals surface area (Å²) in [5.74, 6) is 1.71. The van der Waals surface area contributed by atoms with Gasteiger partial charge in [0, 0.05) is 11.3 Å². The molecule has 2 aliphatic heterocycles. The second-order valence-corrected chi connectivity index (χ2v) is 10.6. The molecule has 0 saturated carbocycles. The first-order valence-corrected chi connectivity index (χ1v) is 14.3. The normalized spacial score (nSPS) is 15.0. The molecule has 1 atom stereocenters. The Bertz CT molecular complexity index is 1890. The maximum atomic E-state index is 12.2. The van der Waals surface area contributed by atoms with E-state index >= 15 is 0 Å². The SMILES string of the molecule is CCOC(=O)c1ccc(NC2=Nc3ccccc3N3C2=Nc2c(c(C)nn2-c2ccccc2)C3c2ccc(C)cc2)cc1. The first-order valence-electron chi connectivity index (χ1n) is 14.3. The number of anilines is 2. The van der Waals surface area contributed by atoms with Crippen LogP contribution in [0.3, 0.4) is 0 Å². The van der Waals surface area contributed by atoms with Crippen LogP contribution in [-0.4, -0.2) is 34.0 Å². The van der Waals surface area contributed by atoms with E-state index < -0.39 is 0 Å². The number of benzene rings is 4. The number of aromatic nitrogens is 2. The molecule has 0 bridgehead atoms. The van der Waals surface area contributed by atoms with Crippen molar-refractivity contribution in [3.8, 4) is 5.69 Å². The quantitative estimate of drug-likeness (QED) is 0.223. The fourth-order valence-corrected chi connectivity index (χ4v) is 5.65. The molecule has 1 unspecified atom stereocenters. The summed E-state index contributed by atoms with van der Waals surface area (Å²) >= 11 is 0. The van der Waals surface area contributed by atoms with Crippen molar-refractivity contribution in [1.29, 1.82) is 0 Å². The van der Waals surface area contributed by atoms with Gasteiger partial charge in [-0.3, -0.25) is 0 Å². The molecule has 0 spiro atoms. The van der Waals surface area contributed by atoms with Crippen LogP contribution in [0.25, 0.3) is 5.69 Å². The Morgan fingerprint density at radius 3 is 2.33 bits per heavy atom. The molecule has 1 aromatic heterocycles. The molecule has 8 heteroatoms. The highest BCUT2D eigenvalue weighted by molar-refractivity contribution is 6.51. The summed E-state index contributed by atoms with van der Waals surface area (Å²) in [7, 11) is 0. The lowest BCUT2D eigenvalue weighted by atomic mass is 9.93. The zero-order chi connectivity index (χ0) is 29.5. The van der Waals surface area contributed by atoms with Gasteiger partial charge in [0.05, 0.1) is 41.0 Å². The minimum Gasteiger partial charge on any atom is -0.462 e.